The molecule has 120 valence electrons. The normalized spacial score (nSPS) is 11.0. The van der Waals surface area contributed by atoms with Gasteiger partial charge in [0.2, 0.25) is 0 Å². The molecule has 0 radical (unpaired) electrons. The number of methoxy groups -OCH3 is 1. The molecular formula is C16H28IN3O. The van der Waals surface area contributed by atoms with Gasteiger partial charge in [-0.1, -0.05) is 26.0 Å². The highest BCUT2D eigenvalue weighted by molar-refractivity contribution is 14.0. The Labute approximate surface area is 145 Å². The number of benzene rings is 1. The predicted molar refractivity (Wildman–Crippen MR) is 101 cm³/mol. The van der Waals surface area contributed by atoms with Crippen LogP contribution >= 0.6 is 24.0 Å². The fourth-order valence-corrected chi connectivity index (χ4v) is 1.91. The van der Waals surface area contributed by atoms with Crippen LogP contribution in [0.4, 0.5) is 0 Å². The summed E-state index contributed by atoms with van der Waals surface area (Å²) < 4.78 is 5.22. The molecule has 0 bridgehead atoms. The highest BCUT2D eigenvalue weighted by atomic mass is 127. The topological polar surface area (TPSA) is 45.7 Å². The Hall–Kier alpha value is -0.980. The zero-order chi connectivity index (χ0) is 14.8. The van der Waals surface area contributed by atoms with E-state index in [1.165, 1.54) is 12.0 Å². The average molecular weight is 405 g/mol. The number of ether oxygens (including phenoxy) is 1. The lowest BCUT2D eigenvalue weighted by molar-refractivity contribution is 0.414. The van der Waals surface area contributed by atoms with Crippen molar-refractivity contribution in [1.82, 2.24) is 10.6 Å². The third kappa shape index (κ3) is 8.80. The minimum atomic E-state index is 0. The molecule has 2 N–H and O–H groups in total. The van der Waals surface area contributed by atoms with Gasteiger partial charge in [-0.05, 0) is 36.5 Å². The quantitative estimate of drug-likeness (QED) is 0.316. The second-order valence-electron chi connectivity index (χ2n) is 5.24. The van der Waals surface area contributed by atoms with Gasteiger partial charge in [0.05, 0.1) is 7.11 Å². The van der Waals surface area contributed by atoms with Gasteiger partial charge in [0, 0.05) is 20.1 Å². The van der Waals surface area contributed by atoms with Gasteiger partial charge in [0.15, 0.2) is 5.96 Å². The van der Waals surface area contributed by atoms with E-state index in [2.05, 4.69) is 35.5 Å². The molecule has 0 heterocycles. The molecule has 1 aromatic rings. The number of halogens is 1. The van der Waals surface area contributed by atoms with Crippen molar-refractivity contribution < 1.29 is 4.74 Å². The summed E-state index contributed by atoms with van der Waals surface area (Å²) in [6.07, 6.45) is 2.40. The van der Waals surface area contributed by atoms with Crippen LogP contribution in [-0.4, -0.2) is 26.7 Å². The molecule has 0 fully saturated rings. The molecule has 0 aromatic heterocycles. The third-order valence-corrected chi connectivity index (χ3v) is 3.07. The highest BCUT2D eigenvalue weighted by Gasteiger charge is 2.00. The summed E-state index contributed by atoms with van der Waals surface area (Å²) in [6.45, 7) is 6.18. The summed E-state index contributed by atoms with van der Waals surface area (Å²) in [6, 6.07) is 8.04. The van der Waals surface area contributed by atoms with E-state index in [0.717, 1.165) is 37.1 Å². The zero-order valence-electron chi connectivity index (χ0n) is 13.5. The Morgan fingerprint density at radius 3 is 2.67 bits per heavy atom. The molecule has 0 atom stereocenters. The molecule has 0 saturated carbocycles. The van der Waals surface area contributed by atoms with Crippen LogP contribution in [0, 0.1) is 5.92 Å². The predicted octanol–water partition coefficient (Wildman–Crippen LogP) is 3.41. The highest BCUT2D eigenvalue weighted by Crippen LogP contribution is 2.12. The SMILES string of the molecule is CN=C(NCCCC(C)C)NCc1cccc(OC)c1.I. The van der Waals surface area contributed by atoms with Crippen molar-refractivity contribution in [2.75, 3.05) is 20.7 Å². The largest absolute Gasteiger partial charge is 0.497 e. The van der Waals surface area contributed by atoms with Crippen molar-refractivity contribution in [2.45, 2.75) is 33.2 Å². The summed E-state index contributed by atoms with van der Waals surface area (Å²) in [7, 11) is 3.48. The average Bonchev–Trinajstić information content (AvgIpc) is 2.46. The lowest BCUT2D eigenvalue weighted by Crippen LogP contribution is -2.37. The van der Waals surface area contributed by atoms with Crippen molar-refractivity contribution in [1.29, 1.82) is 0 Å². The van der Waals surface area contributed by atoms with Crippen molar-refractivity contribution >= 4 is 29.9 Å². The summed E-state index contributed by atoms with van der Waals surface area (Å²) in [5, 5.41) is 6.64. The van der Waals surface area contributed by atoms with Crippen LogP contribution in [-0.2, 0) is 6.54 Å². The summed E-state index contributed by atoms with van der Waals surface area (Å²) in [5.74, 6) is 2.48. The van der Waals surface area contributed by atoms with Crippen LogP contribution in [0.2, 0.25) is 0 Å². The first-order valence-electron chi connectivity index (χ1n) is 7.23. The van der Waals surface area contributed by atoms with E-state index in [9.17, 15) is 0 Å². The number of hydrogen-bond acceptors (Lipinski definition) is 2. The Morgan fingerprint density at radius 2 is 2.05 bits per heavy atom. The van der Waals surface area contributed by atoms with Gasteiger partial charge in [0.25, 0.3) is 0 Å². The number of guanidine groups is 1. The van der Waals surface area contributed by atoms with Crippen LogP contribution in [0.1, 0.15) is 32.3 Å². The second-order valence-corrected chi connectivity index (χ2v) is 5.24. The first-order valence-corrected chi connectivity index (χ1v) is 7.23. The van der Waals surface area contributed by atoms with Gasteiger partial charge in [-0.3, -0.25) is 4.99 Å². The molecule has 4 nitrogen and oxygen atoms in total. The molecule has 0 aliphatic heterocycles. The second kappa shape index (κ2) is 11.7. The van der Waals surface area contributed by atoms with Gasteiger partial charge in [0.1, 0.15) is 5.75 Å². The van der Waals surface area contributed by atoms with Gasteiger partial charge < -0.3 is 15.4 Å². The fraction of sp³-hybridized carbons (Fsp3) is 0.562. The molecular weight excluding hydrogens is 377 g/mol. The number of rotatable bonds is 7. The first-order chi connectivity index (χ1) is 9.65. The molecule has 21 heavy (non-hydrogen) atoms. The smallest absolute Gasteiger partial charge is 0.191 e. The van der Waals surface area contributed by atoms with E-state index in [4.69, 9.17) is 4.74 Å². The van der Waals surface area contributed by atoms with Gasteiger partial charge in [-0.15, -0.1) is 24.0 Å². The van der Waals surface area contributed by atoms with Crippen molar-refractivity contribution in [3.05, 3.63) is 29.8 Å². The van der Waals surface area contributed by atoms with E-state index >= 15 is 0 Å². The van der Waals surface area contributed by atoms with Crippen molar-refractivity contribution in [2.24, 2.45) is 10.9 Å². The molecule has 0 aliphatic rings. The maximum Gasteiger partial charge on any atom is 0.191 e. The first kappa shape index (κ1) is 20.0. The van der Waals surface area contributed by atoms with E-state index in [1.54, 1.807) is 14.2 Å². The van der Waals surface area contributed by atoms with E-state index in [-0.39, 0.29) is 24.0 Å². The van der Waals surface area contributed by atoms with Gasteiger partial charge in [-0.25, -0.2) is 0 Å². The Kier molecular flexibility index (Phi) is 11.1. The monoisotopic (exact) mass is 405 g/mol. The number of aliphatic imine (C=N–C) groups is 1. The van der Waals surface area contributed by atoms with Crippen LogP contribution in [0.3, 0.4) is 0 Å². The maximum absolute atomic E-state index is 5.22. The Morgan fingerprint density at radius 1 is 1.29 bits per heavy atom. The molecule has 0 amide bonds. The van der Waals surface area contributed by atoms with Crippen LogP contribution in [0.15, 0.2) is 29.3 Å². The molecule has 5 heteroatoms. The maximum atomic E-state index is 5.22. The fourth-order valence-electron chi connectivity index (χ4n) is 1.91. The summed E-state index contributed by atoms with van der Waals surface area (Å²) >= 11 is 0. The van der Waals surface area contributed by atoms with Crippen LogP contribution < -0.4 is 15.4 Å². The number of hydrogen-bond donors (Lipinski definition) is 2. The standard InChI is InChI=1S/C16H27N3O.HI/c1-13(2)7-6-10-18-16(17-3)19-12-14-8-5-9-15(11-14)20-4;/h5,8-9,11,13H,6-7,10,12H2,1-4H3,(H2,17,18,19);1H. The lowest BCUT2D eigenvalue weighted by atomic mass is 10.1. The van der Waals surface area contributed by atoms with Gasteiger partial charge >= 0.3 is 0 Å². The van der Waals surface area contributed by atoms with E-state index in [0.29, 0.717) is 0 Å². The summed E-state index contributed by atoms with van der Waals surface area (Å²) in [4.78, 5) is 4.23. The molecule has 0 aliphatic carbocycles. The Balaban J connectivity index is 0.00000400. The van der Waals surface area contributed by atoms with Gasteiger partial charge in [-0.2, -0.15) is 0 Å². The third-order valence-electron chi connectivity index (χ3n) is 3.07. The van der Waals surface area contributed by atoms with Crippen LogP contribution in [0.25, 0.3) is 0 Å². The minimum absolute atomic E-state index is 0. The Bertz CT molecular complexity index is 422. The van der Waals surface area contributed by atoms with E-state index < -0.39 is 0 Å². The zero-order valence-corrected chi connectivity index (χ0v) is 15.8. The number of nitrogens with one attached hydrogen (secondary N) is 2. The number of nitrogens with zero attached hydrogens (tertiary/aromatic N) is 1. The molecule has 1 rings (SSSR count). The molecule has 0 saturated heterocycles. The molecule has 0 unspecified atom stereocenters. The van der Waals surface area contributed by atoms with E-state index in [1.807, 2.05) is 18.2 Å². The summed E-state index contributed by atoms with van der Waals surface area (Å²) in [5.41, 5.74) is 1.18. The van der Waals surface area contributed by atoms with Crippen molar-refractivity contribution in [3.8, 4) is 5.75 Å². The van der Waals surface area contributed by atoms with Crippen molar-refractivity contribution in [3.63, 3.8) is 0 Å². The lowest BCUT2D eigenvalue weighted by Gasteiger charge is -2.13. The minimum Gasteiger partial charge on any atom is -0.497 e. The molecule has 1 aromatic carbocycles. The molecule has 0 spiro atoms. The van der Waals surface area contributed by atoms with Crippen LogP contribution in [0.5, 0.6) is 5.75 Å².